The van der Waals surface area contributed by atoms with Gasteiger partial charge < -0.3 is 9.73 Å². The van der Waals surface area contributed by atoms with Crippen molar-refractivity contribution in [3.05, 3.63) is 64.4 Å². The van der Waals surface area contributed by atoms with E-state index in [2.05, 4.69) is 11.2 Å². The van der Waals surface area contributed by atoms with Gasteiger partial charge in [-0.2, -0.15) is 0 Å². The molecule has 22 heavy (non-hydrogen) atoms. The lowest BCUT2D eigenvalue weighted by Crippen LogP contribution is -2.12. The van der Waals surface area contributed by atoms with E-state index in [0.29, 0.717) is 21.9 Å². The molecule has 0 spiro atoms. The predicted octanol–water partition coefficient (Wildman–Crippen LogP) is 4.63. The van der Waals surface area contributed by atoms with Crippen LogP contribution in [0.1, 0.15) is 21.7 Å². The van der Waals surface area contributed by atoms with Gasteiger partial charge in [-0.15, -0.1) is 6.42 Å². The van der Waals surface area contributed by atoms with Crippen LogP contribution in [-0.2, 0) is 0 Å². The van der Waals surface area contributed by atoms with Gasteiger partial charge in [0.05, 0.1) is 0 Å². The zero-order valence-electron chi connectivity index (χ0n) is 11.8. The molecule has 0 bridgehead atoms. The second-order valence-corrected chi connectivity index (χ2v) is 5.31. The fourth-order valence-corrected chi connectivity index (χ4v) is 2.46. The lowest BCUT2D eigenvalue weighted by molar-refractivity contribution is 0.0998. The van der Waals surface area contributed by atoms with Crippen LogP contribution in [0.5, 0.6) is 0 Å². The smallest absolute Gasteiger partial charge is 0.291 e. The van der Waals surface area contributed by atoms with Gasteiger partial charge in [-0.1, -0.05) is 23.6 Å². The molecule has 0 radical (unpaired) electrons. The number of furan rings is 1. The highest BCUT2D eigenvalue weighted by molar-refractivity contribution is 6.31. The number of amides is 1. The Balaban J connectivity index is 1.95. The third-order valence-electron chi connectivity index (χ3n) is 3.39. The minimum Gasteiger partial charge on any atom is -0.451 e. The summed E-state index contributed by atoms with van der Waals surface area (Å²) in [7, 11) is 0. The predicted molar refractivity (Wildman–Crippen MR) is 88.3 cm³/mol. The Hall–Kier alpha value is -2.70. The van der Waals surface area contributed by atoms with E-state index < -0.39 is 0 Å². The SMILES string of the molecule is C#Cc1cccc(NC(=O)c2oc3ccc(Cl)cc3c2C)c1. The van der Waals surface area contributed by atoms with E-state index in [0.717, 1.165) is 10.9 Å². The molecule has 1 amide bonds. The van der Waals surface area contributed by atoms with Crippen LogP contribution in [0, 0.1) is 19.3 Å². The molecule has 3 rings (SSSR count). The Kier molecular flexibility index (Phi) is 3.62. The van der Waals surface area contributed by atoms with Gasteiger partial charge in [0, 0.05) is 27.2 Å². The maximum absolute atomic E-state index is 12.4. The van der Waals surface area contributed by atoms with Gasteiger partial charge in [-0.05, 0) is 43.3 Å². The van der Waals surface area contributed by atoms with E-state index in [1.165, 1.54) is 0 Å². The fraction of sp³-hybridized carbons (Fsp3) is 0.0556. The Bertz CT molecular complexity index is 918. The third-order valence-corrected chi connectivity index (χ3v) is 3.63. The molecule has 1 N–H and O–H groups in total. The first-order valence-electron chi connectivity index (χ1n) is 6.65. The van der Waals surface area contributed by atoms with Gasteiger partial charge in [-0.3, -0.25) is 4.79 Å². The number of aryl methyl sites for hydroxylation is 1. The Morgan fingerprint density at radius 2 is 2.09 bits per heavy atom. The first kappa shape index (κ1) is 14.2. The standard InChI is InChI=1S/C18H12ClNO2/c1-3-12-5-4-6-14(9-12)20-18(21)17-11(2)15-10-13(19)7-8-16(15)22-17/h1,4-10H,2H3,(H,20,21). The summed E-state index contributed by atoms with van der Waals surface area (Å²) in [5, 5.41) is 4.22. The quantitative estimate of drug-likeness (QED) is 0.701. The van der Waals surface area contributed by atoms with Crippen molar-refractivity contribution in [3.8, 4) is 12.3 Å². The zero-order valence-corrected chi connectivity index (χ0v) is 12.6. The molecule has 1 heterocycles. The minimum atomic E-state index is -0.320. The summed E-state index contributed by atoms with van der Waals surface area (Å²) in [5.41, 5.74) is 2.71. The van der Waals surface area contributed by atoms with Crippen LogP contribution < -0.4 is 5.32 Å². The summed E-state index contributed by atoms with van der Waals surface area (Å²) < 4.78 is 5.63. The Morgan fingerprint density at radius 1 is 1.27 bits per heavy atom. The van der Waals surface area contributed by atoms with Crippen molar-refractivity contribution in [2.24, 2.45) is 0 Å². The number of hydrogen-bond acceptors (Lipinski definition) is 2. The van der Waals surface area contributed by atoms with Gasteiger partial charge in [0.25, 0.3) is 5.91 Å². The van der Waals surface area contributed by atoms with Crippen LogP contribution in [0.2, 0.25) is 5.02 Å². The summed E-state index contributed by atoms with van der Waals surface area (Å²) in [6.07, 6.45) is 5.36. The number of halogens is 1. The van der Waals surface area contributed by atoms with Crippen molar-refractivity contribution in [2.45, 2.75) is 6.92 Å². The molecule has 0 aliphatic carbocycles. The number of terminal acetylenes is 1. The molecule has 0 aliphatic rings. The van der Waals surface area contributed by atoms with Crippen LogP contribution in [0.4, 0.5) is 5.69 Å². The van der Waals surface area contributed by atoms with Gasteiger partial charge in [-0.25, -0.2) is 0 Å². The maximum Gasteiger partial charge on any atom is 0.291 e. The van der Waals surface area contributed by atoms with Crippen LogP contribution in [-0.4, -0.2) is 5.91 Å². The number of benzene rings is 2. The molecule has 0 atom stereocenters. The Morgan fingerprint density at radius 3 is 2.86 bits per heavy atom. The molecule has 3 aromatic rings. The molecule has 2 aromatic carbocycles. The van der Waals surface area contributed by atoms with E-state index >= 15 is 0 Å². The zero-order chi connectivity index (χ0) is 15.7. The van der Waals surface area contributed by atoms with Gasteiger partial charge in [0.1, 0.15) is 5.58 Å². The van der Waals surface area contributed by atoms with Gasteiger partial charge in [0.2, 0.25) is 0 Å². The number of carbonyl (C=O) groups excluding carboxylic acids is 1. The van der Waals surface area contributed by atoms with Crippen molar-refractivity contribution in [1.29, 1.82) is 0 Å². The number of hydrogen-bond donors (Lipinski definition) is 1. The lowest BCUT2D eigenvalue weighted by Gasteiger charge is -2.04. The average Bonchev–Trinajstić information content (AvgIpc) is 2.84. The lowest BCUT2D eigenvalue weighted by atomic mass is 10.1. The highest BCUT2D eigenvalue weighted by Gasteiger charge is 2.18. The van der Waals surface area contributed by atoms with Crippen molar-refractivity contribution in [1.82, 2.24) is 0 Å². The number of anilines is 1. The first-order valence-corrected chi connectivity index (χ1v) is 7.03. The number of fused-ring (bicyclic) bond motifs is 1. The largest absolute Gasteiger partial charge is 0.451 e. The minimum absolute atomic E-state index is 0.267. The van der Waals surface area contributed by atoms with Gasteiger partial charge >= 0.3 is 0 Å². The third kappa shape index (κ3) is 2.57. The molecule has 4 heteroatoms. The van der Waals surface area contributed by atoms with Crippen LogP contribution in [0.3, 0.4) is 0 Å². The summed E-state index contributed by atoms with van der Waals surface area (Å²) in [5.74, 6) is 2.48. The highest BCUT2D eigenvalue weighted by atomic mass is 35.5. The normalized spacial score (nSPS) is 10.4. The van der Waals surface area contributed by atoms with Crippen molar-refractivity contribution >= 4 is 34.2 Å². The molecular formula is C18H12ClNO2. The van der Waals surface area contributed by atoms with Crippen LogP contribution in [0.25, 0.3) is 11.0 Å². The van der Waals surface area contributed by atoms with E-state index in [9.17, 15) is 4.79 Å². The summed E-state index contributed by atoms with van der Waals surface area (Å²) in [4.78, 5) is 12.4. The highest BCUT2D eigenvalue weighted by Crippen LogP contribution is 2.28. The summed E-state index contributed by atoms with van der Waals surface area (Å²) >= 11 is 5.98. The van der Waals surface area contributed by atoms with E-state index in [1.54, 1.807) is 42.5 Å². The van der Waals surface area contributed by atoms with Crippen LogP contribution in [0.15, 0.2) is 46.9 Å². The molecular weight excluding hydrogens is 298 g/mol. The van der Waals surface area contributed by atoms with E-state index in [4.69, 9.17) is 22.4 Å². The molecule has 0 saturated heterocycles. The topological polar surface area (TPSA) is 42.2 Å². The molecule has 1 aromatic heterocycles. The van der Waals surface area contributed by atoms with Crippen LogP contribution >= 0.6 is 11.6 Å². The molecule has 108 valence electrons. The molecule has 0 fully saturated rings. The monoisotopic (exact) mass is 309 g/mol. The molecule has 0 saturated carbocycles. The number of carbonyl (C=O) groups is 1. The second kappa shape index (κ2) is 5.59. The van der Waals surface area contributed by atoms with Crippen molar-refractivity contribution in [3.63, 3.8) is 0 Å². The maximum atomic E-state index is 12.4. The fourth-order valence-electron chi connectivity index (χ4n) is 2.28. The van der Waals surface area contributed by atoms with Gasteiger partial charge in [0.15, 0.2) is 5.76 Å². The molecule has 3 nitrogen and oxygen atoms in total. The first-order chi connectivity index (χ1) is 10.6. The summed E-state index contributed by atoms with van der Waals surface area (Å²) in [6.45, 7) is 1.83. The van der Waals surface area contributed by atoms with E-state index in [1.807, 2.05) is 6.92 Å². The average molecular weight is 310 g/mol. The summed E-state index contributed by atoms with van der Waals surface area (Å²) in [6, 6.07) is 12.3. The number of rotatable bonds is 2. The van der Waals surface area contributed by atoms with Crippen molar-refractivity contribution in [2.75, 3.05) is 5.32 Å². The molecule has 0 unspecified atom stereocenters. The van der Waals surface area contributed by atoms with Crippen molar-refractivity contribution < 1.29 is 9.21 Å². The number of nitrogens with one attached hydrogen (secondary N) is 1. The second-order valence-electron chi connectivity index (χ2n) is 4.88. The Labute approximate surface area is 132 Å². The molecule has 0 aliphatic heterocycles. The van der Waals surface area contributed by atoms with E-state index in [-0.39, 0.29) is 11.7 Å².